The second-order valence-electron chi connectivity index (χ2n) is 7.88. The van der Waals surface area contributed by atoms with Crippen LogP contribution in [-0.2, 0) is 17.8 Å². The van der Waals surface area contributed by atoms with Crippen LogP contribution in [0.25, 0.3) is 0 Å². The van der Waals surface area contributed by atoms with E-state index >= 15 is 0 Å². The van der Waals surface area contributed by atoms with Crippen LogP contribution in [0, 0.1) is 13.8 Å². The highest BCUT2D eigenvalue weighted by Gasteiger charge is 2.22. The van der Waals surface area contributed by atoms with E-state index in [1.54, 1.807) is 30.2 Å². The van der Waals surface area contributed by atoms with Gasteiger partial charge in [-0.3, -0.25) is 9.59 Å². The number of nitrogens with zero attached hydrogens (tertiary/aromatic N) is 1. The van der Waals surface area contributed by atoms with Crippen LogP contribution in [0.1, 0.15) is 53.0 Å². The van der Waals surface area contributed by atoms with E-state index in [1.807, 2.05) is 38.1 Å². The molecular formula is C25H30N2O4. The molecule has 6 heteroatoms. The van der Waals surface area contributed by atoms with Gasteiger partial charge in [-0.1, -0.05) is 30.3 Å². The van der Waals surface area contributed by atoms with Crippen LogP contribution >= 0.6 is 0 Å². The van der Waals surface area contributed by atoms with Crippen molar-refractivity contribution >= 4 is 11.8 Å². The quantitative estimate of drug-likeness (QED) is 0.516. The Balaban J connectivity index is 1.55. The molecule has 2 amide bonds. The Hall–Kier alpha value is -3.28. The maximum absolute atomic E-state index is 13.1. The van der Waals surface area contributed by atoms with Crippen LogP contribution in [0.2, 0.25) is 0 Å². The summed E-state index contributed by atoms with van der Waals surface area (Å²) < 4.78 is 10.9. The number of rotatable bonds is 10. The number of nitrogens with one attached hydrogen (secondary N) is 1. The summed E-state index contributed by atoms with van der Waals surface area (Å²) in [5.41, 5.74) is 1.77. The molecule has 3 aromatic rings. The normalized spacial score (nSPS) is 11.8. The summed E-state index contributed by atoms with van der Waals surface area (Å²) in [7, 11) is 0. The van der Waals surface area contributed by atoms with Crippen LogP contribution < -0.4 is 5.32 Å². The minimum atomic E-state index is -0.171. The summed E-state index contributed by atoms with van der Waals surface area (Å²) in [5.74, 6) is 1.69. The molecule has 1 N–H and O–H groups in total. The van der Waals surface area contributed by atoms with Crippen LogP contribution in [0.5, 0.6) is 0 Å². The molecule has 0 aliphatic heterocycles. The highest BCUT2D eigenvalue weighted by atomic mass is 16.3. The molecular weight excluding hydrogens is 392 g/mol. The number of aryl methyl sites for hydroxylation is 3. The maximum atomic E-state index is 13.1. The lowest BCUT2D eigenvalue weighted by Gasteiger charge is -2.22. The van der Waals surface area contributed by atoms with Gasteiger partial charge in [0.25, 0.3) is 5.91 Å². The molecule has 2 aromatic heterocycles. The van der Waals surface area contributed by atoms with Gasteiger partial charge in [-0.2, -0.15) is 0 Å². The van der Waals surface area contributed by atoms with E-state index in [2.05, 4.69) is 17.4 Å². The molecule has 6 nitrogen and oxygen atoms in total. The fourth-order valence-electron chi connectivity index (χ4n) is 3.54. The Morgan fingerprint density at radius 1 is 1.10 bits per heavy atom. The van der Waals surface area contributed by atoms with Crippen molar-refractivity contribution in [1.82, 2.24) is 10.2 Å². The van der Waals surface area contributed by atoms with Gasteiger partial charge in [0.15, 0.2) is 0 Å². The molecule has 3 rings (SSSR count). The smallest absolute Gasteiger partial charge is 0.257 e. The zero-order valence-corrected chi connectivity index (χ0v) is 18.4. The molecule has 164 valence electrons. The molecule has 2 heterocycles. The second kappa shape index (κ2) is 10.7. The molecule has 1 atom stereocenters. The van der Waals surface area contributed by atoms with E-state index in [1.165, 1.54) is 5.56 Å². The minimum Gasteiger partial charge on any atom is -0.467 e. The van der Waals surface area contributed by atoms with Crippen LogP contribution in [0.15, 0.2) is 63.6 Å². The summed E-state index contributed by atoms with van der Waals surface area (Å²) in [6.45, 7) is 6.17. The van der Waals surface area contributed by atoms with Gasteiger partial charge in [0, 0.05) is 19.0 Å². The standard InChI is InChI=1S/C25H30N2O4/c1-18(11-12-21-8-5-4-6-9-21)26-24(28)13-14-27(17-22-10-7-15-30-22)25(29)23-16-19(2)31-20(23)3/h4-10,15-16,18H,11-14,17H2,1-3H3,(H,26,28). The van der Waals surface area contributed by atoms with E-state index in [9.17, 15) is 9.59 Å². The first-order valence-corrected chi connectivity index (χ1v) is 10.6. The fraction of sp³-hybridized carbons (Fsp3) is 0.360. The molecule has 0 saturated heterocycles. The fourth-order valence-corrected chi connectivity index (χ4v) is 3.54. The third-order valence-electron chi connectivity index (χ3n) is 5.21. The SMILES string of the molecule is Cc1cc(C(=O)N(CCC(=O)NC(C)CCc2ccccc2)Cc2ccco2)c(C)o1. The van der Waals surface area contributed by atoms with Crippen LogP contribution in [-0.4, -0.2) is 29.3 Å². The van der Waals surface area contributed by atoms with Gasteiger partial charge >= 0.3 is 0 Å². The van der Waals surface area contributed by atoms with Crippen molar-refractivity contribution in [3.63, 3.8) is 0 Å². The number of hydrogen-bond acceptors (Lipinski definition) is 4. The molecule has 0 bridgehead atoms. The van der Waals surface area contributed by atoms with E-state index in [0.717, 1.165) is 12.8 Å². The molecule has 0 aliphatic carbocycles. The topological polar surface area (TPSA) is 75.7 Å². The average molecular weight is 423 g/mol. The van der Waals surface area contributed by atoms with Gasteiger partial charge in [0.05, 0.1) is 18.4 Å². The summed E-state index contributed by atoms with van der Waals surface area (Å²) >= 11 is 0. The largest absolute Gasteiger partial charge is 0.467 e. The van der Waals surface area contributed by atoms with Gasteiger partial charge in [-0.05, 0) is 57.4 Å². The molecule has 31 heavy (non-hydrogen) atoms. The molecule has 0 radical (unpaired) electrons. The summed E-state index contributed by atoms with van der Waals surface area (Å²) in [5, 5.41) is 3.04. The molecule has 0 saturated carbocycles. The Morgan fingerprint density at radius 2 is 1.87 bits per heavy atom. The van der Waals surface area contributed by atoms with Gasteiger partial charge in [0.1, 0.15) is 17.3 Å². The predicted molar refractivity (Wildman–Crippen MR) is 119 cm³/mol. The third-order valence-corrected chi connectivity index (χ3v) is 5.21. The second-order valence-corrected chi connectivity index (χ2v) is 7.88. The van der Waals surface area contributed by atoms with Gasteiger partial charge in [-0.25, -0.2) is 0 Å². The number of amides is 2. The van der Waals surface area contributed by atoms with E-state index in [4.69, 9.17) is 8.83 Å². The zero-order valence-electron chi connectivity index (χ0n) is 18.4. The van der Waals surface area contributed by atoms with Crippen molar-refractivity contribution in [3.8, 4) is 0 Å². The monoisotopic (exact) mass is 422 g/mol. The Labute approximate surface area is 183 Å². The number of hydrogen-bond donors (Lipinski definition) is 1. The van der Waals surface area contributed by atoms with Crippen molar-refractivity contribution in [2.75, 3.05) is 6.54 Å². The Kier molecular flexibility index (Phi) is 7.70. The minimum absolute atomic E-state index is 0.0562. The van der Waals surface area contributed by atoms with Gasteiger partial charge in [0.2, 0.25) is 5.91 Å². The highest BCUT2D eigenvalue weighted by molar-refractivity contribution is 5.95. The number of furan rings is 2. The van der Waals surface area contributed by atoms with Crippen molar-refractivity contribution in [2.24, 2.45) is 0 Å². The average Bonchev–Trinajstić information content (AvgIpc) is 3.38. The lowest BCUT2D eigenvalue weighted by atomic mass is 10.1. The number of carbonyl (C=O) groups excluding carboxylic acids is 2. The first kappa shape index (κ1) is 22.4. The highest BCUT2D eigenvalue weighted by Crippen LogP contribution is 2.18. The summed E-state index contributed by atoms with van der Waals surface area (Å²) in [4.78, 5) is 27.2. The third kappa shape index (κ3) is 6.60. The predicted octanol–water partition coefficient (Wildman–Crippen LogP) is 4.66. The van der Waals surface area contributed by atoms with E-state index in [0.29, 0.717) is 35.9 Å². The van der Waals surface area contributed by atoms with Gasteiger partial charge in [-0.15, -0.1) is 0 Å². The van der Waals surface area contributed by atoms with E-state index in [-0.39, 0.29) is 24.3 Å². The van der Waals surface area contributed by atoms with Crippen molar-refractivity contribution < 1.29 is 18.4 Å². The molecule has 1 unspecified atom stereocenters. The first-order chi connectivity index (χ1) is 14.9. The first-order valence-electron chi connectivity index (χ1n) is 10.6. The summed E-state index contributed by atoms with van der Waals surface area (Å²) in [6, 6.07) is 15.6. The lowest BCUT2D eigenvalue weighted by molar-refractivity contribution is -0.121. The number of carbonyl (C=O) groups is 2. The molecule has 0 spiro atoms. The lowest BCUT2D eigenvalue weighted by Crippen LogP contribution is -2.37. The molecule has 1 aromatic carbocycles. The zero-order chi connectivity index (χ0) is 22.2. The number of benzene rings is 1. The van der Waals surface area contributed by atoms with E-state index < -0.39 is 0 Å². The van der Waals surface area contributed by atoms with Crippen molar-refractivity contribution in [1.29, 1.82) is 0 Å². The molecule has 0 aliphatic rings. The summed E-state index contributed by atoms with van der Waals surface area (Å²) in [6.07, 6.45) is 3.56. The van der Waals surface area contributed by atoms with Crippen molar-refractivity contribution in [2.45, 2.75) is 52.6 Å². The Morgan fingerprint density at radius 3 is 2.52 bits per heavy atom. The maximum Gasteiger partial charge on any atom is 0.257 e. The van der Waals surface area contributed by atoms with Crippen molar-refractivity contribution in [3.05, 3.63) is 83.2 Å². The van der Waals surface area contributed by atoms with Gasteiger partial charge < -0.3 is 19.1 Å². The van der Waals surface area contributed by atoms with Crippen LogP contribution in [0.3, 0.4) is 0 Å². The van der Waals surface area contributed by atoms with Crippen LogP contribution in [0.4, 0.5) is 0 Å². The Bertz CT molecular complexity index is 976. The molecule has 0 fully saturated rings.